The summed E-state index contributed by atoms with van der Waals surface area (Å²) in [6, 6.07) is 3.06. The van der Waals surface area contributed by atoms with Crippen molar-refractivity contribution in [1.29, 1.82) is 0 Å². The highest BCUT2D eigenvalue weighted by molar-refractivity contribution is 5.92. The largest absolute Gasteiger partial charge is 0.383 e. The minimum absolute atomic E-state index is 0.0948. The van der Waals surface area contributed by atoms with E-state index in [4.69, 9.17) is 4.74 Å². The lowest BCUT2D eigenvalue weighted by Gasteiger charge is -2.09. The smallest absolute Gasteiger partial charge is 0.250 e. The summed E-state index contributed by atoms with van der Waals surface area (Å²) in [5.41, 5.74) is 0.519. The molecule has 6 heteroatoms. The Bertz CT molecular complexity index is 509. The van der Waals surface area contributed by atoms with Gasteiger partial charge in [-0.3, -0.25) is 9.59 Å². The predicted molar refractivity (Wildman–Crippen MR) is 76.8 cm³/mol. The number of anilines is 1. The Balaban J connectivity index is 1.84. The van der Waals surface area contributed by atoms with Gasteiger partial charge in [0.05, 0.1) is 18.8 Å². The summed E-state index contributed by atoms with van der Waals surface area (Å²) >= 11 is 0. The van der Waals surface area contributed by atoms with Crippen molar-refractivity contribution >= 4 is 11.6 Å². The highest BCUT2D eigenvalue weighted by Crippen LogP contribution is 2.27. The highest BCUT2D eigenvalue weighted by Gasteiger charge is 2.20. The number of carbonyl (C=O) groups excluding carboxylic acids is 1. The van der Waals surface area contributed by atoms with Crippen LogP contribution < -0.4 is 16.2 Å². The minimum atomic E-state index is -0.105. The second-order valence-corrected chi connectivity index (χ2v) is 5.06. The zero-order chi connectivity index (χ0) is 14.4. The molecule has 1 saturated carbocycles. The first-order valence-corrected chi connectivity index (χ1v) is 6.89. The van der Waals surface area contributed by atoms with Gasteiger partial charge in [0, 0.05) is 25.9 Å². The third-order valence-electron chi connectivity index (χ3n) is 3.22. The minimum Gasteiger partial charge on any atom is -0.383 e. The Morgan fingerprint density at radius 1 is 1.45 bits per heavy atom. The molecule has 1 aromatic heterocycles. The molecule has 1 aromatic rings. The van der Waals surface area contributed by atoms with E-state index in [0.717, 1.165) is 12.5 Å². The zero-order valence-electron chi connectivity index (χ0n) is 11.7. The van der Waals surface area contributed by atoms with Gasteiger partial charge in [-0.2, -0.15) is 0 Å². The first-order chi connectivity index (χ1) is 9.69. The number of pyridine rings is 1. The second kappa shape index (κ2) is 7.21. The topological polar surface area (TPSA) is 72.4 Å². The molecule has 20 heavy (non-hydrogen) atoms. The van der Waals surface area contributed by atoms with Gasteiger partial charge in [-0.15, -0.1) is 0 Å². The lowest BCUT2D eigenvalue weighted by Crippen LogP contribution is -2.30. The molecule has 1 aliphatic rings. The molecule has 110 valence electrons. The summed E-state index contributed by atoms with van der Waals surface area (Å²) in [5, 5.41) is 5.91. The van der Waals surface area contributed by atoms with Crippen LogP contribution in [0.1, 0.15) is 12.8 Å². The van der Waals surface area contributed by atoms with Gasteiger partial charge in [0.15, 0.2) is 0 Å². The van der Waals surface area contributed by atoms with Crippen molar-refractivity contribution in [2.45, 2.75) is 19.4 Å². The molecule has 0 spiro atoms. The Kier molecular flexibility index (Phi) is 5.31. The fourth-order valence-electron chi connectivity index (χ4n) is 1.89. The maximum Gasteiger partial charge on any atom is 0.250 e. The Morgan fingerprint density at radius 3 is 2.95 bits per heavy atom. The molecule has 1 heterocycles. The average Bonchev–Trinajstić information content (AvgIpc) is 3.23. The number of nitrogens with one attached hydrogen (secondary N) is 2. The van der Waals surface area contributed by atoms with Gasteiger partial charge in [0.2, 0.25) is 5.91 Å². The first kappa shape index (κ1) is 14.7. The molecule has 0 atom stereocenters. The average molecular weight is 279 g/mol. The van der Waals surface area contributed by atoms with Gasteiger partial charge >= 0.3 is 0 Å². The molecular weight excluding hydrogens is 258 g/mol. The maximum absolute atomic E-state index is 11.7. The number of amides is 1. The van der Waals surface area contributed by atoms with Crippen LogP contribution in [-0.4, -0.2) is 37.3 Å². The number of carbonyl (C=O) groups is 1. The molecule has 0 saturated heterocycles. The van der Waals surface area contributed by atoms with E-state index in [1.165, 1.54) is 23.5 Å². The van der Waals surface area contributed by atoms with Crippen LogP contribution in [0.25, 0.3) is 0 Å². The summed E-state index contributed by atoms with van der Waals surface area (Å²) < 4.78 is 6.47. The van der Waals surface area contributed by atoms with Crippen molar-refractivity contribution < 1.29 is 9.53 Å². The molecule has 2 N–H and O–H groups in total. The van der Waals surface area contributed by atoms with E-state index in [1.807, 2.05) is 0 Å². The number of hydrogen-bond donors (Lipinski definition) is 2. The number of methoxy groups -OCH3 is 1. The molecule has 0 aliphatic heterocycles. The van der Waals surface area contributed by atoms with Crippen molar-refractivity contribution in [2.75, 3.05) is 32.1 Å². The molecule has 1 amide bonds. The van der Waals surface area contributed by atoms with E-state index >= 15 is 0 Å². The number of aromatic nitrogens is 1. The van der Waals surface area contributed by atoms with Crippen LogP contribution in [0, 0.1) is 5.92 Å². The molecule has 1 fully saturated rings. The lowest BCUT2D eigenvalue weighted by atomic mass is 10.3. The number of hydrogen-bond acceptors (Lipinski definition) is 4. The number of rotatable bonds is 8. The summed E-state index contributed by atoms with van der Waals surface area (Å²) in [4.78, 5) is 23.3. The second-order valence-electron chi connectivity index (χ2n) is 5.06. The van der Waals surface area contributed by atoms with Gasteiger partial charge in [-0.05, 0) is 31.4 Å². The Labute approximate surface area is 118 Å². The third kappa shape index (κ3) is 4.79. The van der Waals surface area contributed by atoms with E-state index in [2.05, 4.69) is 10.6 Å². The Morgan fingerprint density at radius 2 is 2.25 bits per heavy atom. The molecule has 0 aromatic carbocycles. The number of ether oxygens (including phenoxy) is 1. The maximum atomic E-state index is 11.7. The molecule has 6 nitrogen and oxygen atoms in total. The first-order valence-electron chi connectivity index (χ1n) is 6.89. The summed E-state index contributed by atoms with van der Waals surface area (Å²) in [6.07, 6.45) is 4.16. The SMILES string of the molecule is COCCn1cc(NC(=O)CNCC2CC2)ccc1=O. The van der Waals surface area contributed by atoms with Gasteiger partial charge in [-0.1, -0.05) is 0 Å². The molecule has 0 radical (unpaired) electrons. The summed E-state index contributed by atoms with van der Waals surface area (Å²) in [7, 11) is 1.59. The summed E-state index contributed by atoms with van der Waals surface area (Å²) in [5.74, 6) is 0.654. The highest BCUT2D eigenvalue weighted by atomic mass is 16.5. The van der Waals surface area contributed by atoms with E-state index in [-0.39, 0.29) is 11.5 Å². The predicted octanol–water partition coefficient (Wildman–Crippen LogP) is 0.433. The molecule has 2 rings (SSSR count). The van der Waals surface area contributed by atoms with Crippen LogP contribution in [0.4, 0.5) is 5.69 Å². The van der Waals surface area contributed by atoms with Crippen molar-refractivity contribution in [3.63, 3.8) is 0 Å². The van der Waals surface area contributed by atoms with Crippen molar-refractivity contribution in [1.82, 2.24) is 9.88 Å². The van der Waals surface area contributed by atoms with E-state index < -0.39 is 0 Å². The van der Waals surface area contributed by atoms with Gasteiger partial charge in [0.1, 0.15) is 0 Å². The van der Waals surface area contributed by atoms with Crippen molar-refractivity contribution in [3.8, 4) is 0 Å². The van der Waals surface area contributed by atoms with Crippen LogP contribution >= 0.6 is 0 Å². The van der Waals surface area contributed by atoms with Crippen molar-refractivity contribution in [3.05, 3.63) is 28.7 Å². The van der Waals surface area contributed by atoms with Crippen LogP contribution in [0.15, 0.2) is 23.1 Å². The number of nitrogens with zero attached hydrogens (tertiary/aromatic N) is 1. The standard InChI is InChI=1S/C14H21N3O3/c1-20-7-6-17-10-12(4-5-14(17)19)16-13(18)9-15-8-11-2-3-11/h4-5,10-11,15H,2-3,6-9H2,1H3,(H,16,18). The van der Waals surface area contributed by atoms with Crippen LogP contribution in [0.5, 0.6) is 0 Å². The van der Waals surface area contributed by atoms with Crippen LogP contribution in [-0.2, 0) is 16.1 Å². The third-order valence-corrected chi connectivity index (χ3v) is 3.22. The van der Waals surface area contributed by atoms with Gasteiger partial charge in [0.25, 0.3) is 5.56 Å². The van der Waals surface area contributed by atoms with Gasteiger partial charge in [-0.25, -0.2) is 0 Å². The normalized spacial score (nSPS) is 14.2. The fraction of sp³-hybridized carbons (Fsp3) is 0.571. The van der Waals surface area contributed by atoms with Gasteiger partial charge < -0.3 is 19.9 Å². The fourth-order valence-corrected chi connectivity index (χ4v) is 1.89. The van der Waals surface area contributed by atoms with E-state index in [1.54, 1.807) is 19.4 Å². The summed E-state index contributed by atoms with van der Waals surface area (Å²) in [6.45, 7) is 2.13. The molecule has 0 unspecified atom stereocenters. The molecule has 0 bridgehead atoms. The van der Waals surface area contributed by atoms with E-state index in [9.17, 15) is 9.59 Å². The zero-order valence-corrected chi connectivity index (χ0v) is 11.7. The molecular formula is C14H21N3O3. The molecule has 1 aliphatic carbocycles. The van der Waals surface area contributed by atoms with Crippen LogP contribution in [0.2, 0.25) is 0 Å². The van der Waals surface area contributed by atoms with Crippen molar-refractivity contribution in [2.24, 2.45) is 5.92 Å². The quantitative estimate of drug-likeness (QED) is 0.724. The Hall–Kier alpha value is -1.66. The van der Waals surface area contributed by atoms with E-state index in [0.29, 0.717) is 25.4 Å². The monoisotopic (exact) mass is 279 g/mol. The lowest BCUT2D eigenvalue weighted by molar-refractivity contribution is -0.115. The van der Waals surface area contributed by atoms with Crippen LogP contribution in [0.3, 0.4) is 0 Å².